The third-order valence-corrected chi connectivity index (χ3v) is 6.89. The summed E-state index contributed by atoms with van der Waals surface area (Å²) >= 11 is 1.40. The number of nitrogens with one attached hydrogen (secondary N) is 2. The van der Waals surface area contributed by atoms with Crippen molar-refractivity contribution in [2.45, 2.75) is 36.9 Å². The maximum Gasteiger partial charge on any atom is 0.240 e. The van der Waals surface area contributed by atoms with Crippen LogP contribution in [0.1, 0.15) is 28.6 Å². The highest BCUT2D eigenvalue weighted by Crippen LogP contribution is 2.37. The Hall–Kier alpha value is -3.78. The summed E-state index contributed by atoms with van der Waals surface area (Å²) in [4.78, 5) is 13.5. The number of para-hydroxylation sites is 1. The van der Waals surface area contributed by atoms with Crippen molar-refractivity contribution in [2.75, 3.05) is 10.7 Å². The van der Waals surface area contributed by atoms with Crippen LogP contribution in [0.25, 0.3) is 0 Å². The molecule has 0 saturated heterocycles. The molecule has 8 heteroatoms. The monoisotopic (exact) mass is 471 g/mol. The lowest BCUT2D eigenvalue weighted by molar-refractivity contribution is -0.116. The maximum absolute atomic E-state index is 13.5. The van der Waals surface area contributed by atoms with Gasteiger partial charge in [-0.3, -0.25) is 4.79 Å². The highest BCUT2D eigenvalue weighted by molar-refractivity contribution is 8.00. The molecule has 0 unspecified atom stereocenters. The lowest BCUT2D eigenvalue weighted by atomic mass is 10.0. The number of rotatable bonds is 6. The summed E-state index contributed by atoms with van der Waals surface area (Å²) < 4.78 is 7.71. The number of carbonyl (C=O) groups is 1. The minimum Gasteiger partial charge on any atom is -0.486 e. The van der Waals surface area contributed by atoms with Crippen LogP contribution in [0.5, 0.6) is 5.75 Å². The predicted octanol–water partition coefficient (Wildman–Crippen LogP) is 4.87. The van der Waals surface area contributed by atoms with Crippen LogP contribution in [0.3, 0.4) is 0 Å². The first-order valence-corrected chi connectivity index (χ1v) is 11.9. The van der Waals surface area contributed by atoms with Gasteiger partial charge in [-0.1, -0.05) is 78.0 Å². The molecule has 1 aromatic heterocycles. The van der Waals surface area contributed by atoms with Crippen molar-refractivity contribution >= 4 is 23.4 Å². The number of hydrogen-bond acceptors (Lipinski definition) is 6. The molecule has 0 spiro atoms. The molecule has 1 aliphatic rings. The van der Waals surface area contributed by atoms with E-state index in [0.717, 1.165) is 28.1 Å². The number of thioether (sulfide) groups is 1. The number of aryl methyl sites for hydroxylation is 2. The molecule has 172 valence electrons. The number of carbonyl (C=O) groups excluding carboxylic acids is 1. The number of nitrogens with zero attached hydrogens (tertiary/aromatic N) is 3. The Morgan fingerprint density at radius 1 is 1.03 bits per heavy atom. The second kappa shape index (κ2) is 9.61. The van der Waals surface area contributed by atoms with Gasteiger partial charge in [0.1, 0.15) is 17.6 Å². The highest BCUT2D eigenvalue weighted by Gasteiger charge is 2.38. The van der Waals surface area contributed by atoms with E-state index >= 15 is 0 Å². The Morgan fingerprint density at radius 3 is 2.50 bits per heavy atom. The molecule has 0 fully saturated rings. The van der Waals surface area contributed by atoms with Gasteiger partial charge in [0.05, 0.1) is 6.04 Å². The number of benzene rings is 3. The van der Waals surface area contributed by atoms with Gasteiger partial charge in [0.25, 0.3) is 0 Å². The second-order valence-electron chi connectivity index (χ2n) is 8.20. The van der Waals surface area contributed by atoms with Gasteiger partial charge < -0.3 is 15.5 Å². The van der Waals surface area contributed by atoms with Gasteiger partial charge in [-0.15, -0.1) is 10.2 Å². The predicted molar refractivity (Wildman–Crippen MR) is 134 cm³/mol. The minimum absolute atomic E-state index is 0.0883. The van der Waals surface area contributed by atoms with E-state index < -0.39 is 5.25 Å². The minimum atomic E-state index is -0.442. The van der Waals surface area contributed by atoms with Gasteiger partial charge in [0, 0.05) is 5.69 Å². The van der Waals surface area contributed by atoms with Crippen molar-refractivity contribution in [1.29, 1.82) is 0 Å². The summed E-state index contributed by atoms with van der Waals surface area (Å²) in [5, 5.41) is 11.9. The van der Waals surface area contributed by atoms with E-state index in [-0.39, 0.29) is 18.6 Å². The molecule has 4 aromatic rings. The first kappa shape index (κ1) is 22.0. The molecule has 2 atom stereocenters. The Balaban J connectivity index is 1.41. The van der Waals surface area contributed by atoms with Gasteiger partial charge in [0.15, 0.2) is 5.82 Å². The molecule has 1 amide bonds. The molecule has 7 nitrogen and oxygen atoms in total. The zero-order chi connectivity index (χ0) is 23.5. The third-order valence-electron chi connectivity index (χ3n) is 5.67. The molecular formula is C26H25N5O2S. The number of aromatic nitrogens is 3. The Kier molecular flexibility index (Phi) is 6.22. The van der Waals surface area contributed by atoms with Crippen LogP contribution in [-0.2, 0) is 11.4 Å². The molecule has 0 saturated carbocycles. The van der Waals surface area contributed by atoms with E-state index in [9.17, 15) is 4.79 Å². The molecule has 2 heterocycles. The van der Waals surface area contributed by atoms with Crippen molar-refractivity contribution in [3.63, 3.8) is 0 Å². The van der Waals surface area contributed by atoms with Crippen molar-refractivity contribution < 1.29 is 9.53 Å². The average molecular weight is 472 g/mol. The van der Waals surface area contributed by atoms with E-state index in [1.807, 2.05) is 91.3 Å². The van der Waals surface area contributed by atoms with E-state index in [1.165, 1.54) is 11.8 Å². The summed E-state index contributed by atoms with van der Waals surface area (Å²) in [5.74, 6) is 1.31. The fraction of sp³-hybridized carbons (Fsp3) is 0.192. The maximum atomic E-state index is 13.5. The molecule has 0 aliphatic carbocycles. The summed E-state index contributed by atoms with van der Waals surface area (Å²) in [5.41, 5.74) is 7.47. The lowest BCUT2D eigenvalue weighted by Crippen LogP contribution is -2.41. The molecule has 0 bridgehead atoms. The Bertz CT molecular complexity index is 1290. The van der Waals surface area contributed by atoms with E-state index in [4.69, 9.17) is 4.74 Å². The summed E-state index contributed by atoms with van der Waals surface area (Å²) in [7, 11) is 0. The highest BCUT2D eigenvalue weighted by atomic mass is 32.2. The van der Waals surface area contributed by atoms with Gasteiger partial charge in [0.2, 0.25) is 11.1 Å². The molecule has 34 heavy (non-hydrogen) atoms. The zero-order valence-electron chi connectivity index (χ0n) is 18.9. The zero-order valence-corrected chi connectivity index (χ0v) is 19.8. The van der Waals surface area contributed by atoms with E-state index in [1.54, 1.807) is 0 Å². The normalized spacial score (nSPS) is 16.9. The second-order valence-corrected chi connectivity index (χ2v) is 9.31. The van der Waals surface area contributed by atoms with Gasteiger partial charge in [-0.25, -0.2) is 4.68 Å². The first-order chi connectivity index (χ1) is 16.6. The molecule has 5 rings (SSSR count). The van der Waals surface area contributed by atoms with Crippen LogP contribution >= 0.6 is 11.8 Å². The Morgan fingerprint density at radius 2 is 1.76 bits per heavy atom. The van der Waals surface area contributed by atoms with Gasteiger partial charge in [-0.05, 0) is 43.2 Å². The number of hydrogen-bond donors (Lipinski definition) is 2. The van der Waals surface area contributed by atoms with Crippen LogP contribution in [-0.4, -0.2) is 26.0 Å². The molecule has 3 aromatic carbocycles. The number of anilines is 1. The van der Waals surface area contributed by atoms with Crippen LogP contribution < -0.4 is 15.5 Å². The van der Waals surface area contributed by atoms with Gasteiger partial charge >= 0.3 is 0 Å². The number of amides is 1. The molecular weight excluding hydrogens is 446 g/mol. The quantitative estimate of drug-likeness (QED) is 0.418. The largest absolute Gasteiger partial charge is 0.486 e. The van der Waals surface area contributed by atoms with Crippen LogP contribution in [0, 0.1) is 13.8 Å². The Labute approximate surface area is 202 Å². The first-order valence-electron chi connectivity index (χ1n) is 11.1. The van der Waals surface area contributed by atoms with Crippen molar-refractivity contribution in [3.8, 4) is 5.75 Å². The van der Waals surface area contributed by atoms with E-state index in [0.29, 0.717) is 11.0 Å². The third kappa shape index (κ3) is 4.63. The van der Waals surface area contributed by atoms with E-state index in [2.05, 4.69) is 27.0 Å². The summed E-state index contributed by atoms with van der Waals surface area (Å²) in [6.07, 6.45) is 0. The SMILES string of the molecule is Cc1ccc(NC(=O)[C@H]2Sc3nnc(COc4ccccc4)n3N[C@H]2c2ccccc2)c(C)c1. The van der Waals surface area contributed by atoms with Crippen molar-refractivity contribution in [3.05, 3.63) is 101 Å². The fourth-order valence-electron chi connectivity index (χ4n) is 3.93. The lowest BCUT2D eigenvalue weighted by Gasteiger charge is -2.33. The topological polar surface area (TPSA) is 81.1 Å². The molecule has 0 radical (unpaired) electrons. The molecule has 1 aliphatic heterocycles. The molecule has 2 N–H and O–H groups in total. The number of ether oxygens (including phenoxy) is 1. The van der Waals surface area contributed by atoms with Crippen LogP contribution in [0.4, 0.5) is 5.69 Å². The average Bonchev–Trinajstić information content (AvgIpc) is 3.27. The summed E-state index contributed by atoms with van der Waals surface area (Å²) in [6, 6.07) is 25.3. The standard InChI is InChI=1S/C26H25N5O2S/c1-17-13-14-21(18(2)15-17)27-25(32)24-23(19-9-5-3-6-10-19)30-31-22(28-29-26(31)34-24)16-33-20-11-7-4-8-12-20/h3-15,23-24,30H,16H2,1-2H3,(H,27,32)/t23-,24-/m0/s1. The van der Waals surface area contributed by atoms with Crippen LogP contribution in [0.2, 0.25) is 0 Å². The number of fused-ring (bicyclic) bond motifs is 1. The van der Waals surface area contributed by atoms with Crippen molar-refractivity contribution in [1.82, 2.24) is 14.9 Å². The van der Waals surface area contributed by atoms with Gasteiger partial charge in [-0.2, -0.15) is 0 Å². The van der Waals surface area contributed by atoms with Crippen molar-refractivity contribution in [2.24, 2.45) is 0 Å². The van der Waals surface area contributed by atoms with Crippen LogP contribution in [0.15, 0.2) is 84.0 Å². The fourth-order valence-corrected chi connectivity index (χ4v) is 5.02. The summed E-state index contributed by atoms with van der Waals surface area (Å²) in [6.45, 7) is 4.29. The smallest absolute Gasteiger partial charge is 0.240 e.